The Morgan fingerprint density at radius 2 is 1.50 bits per heavy atom. The lowest BCUT2D eigenvalue weighted by Crippen LogP contribution is -2.43. The summed E-state index contributed by atoms with van der Waals surface area (Å²) in [7, 11) is 0. The third-order valence-electron chi connectivity index (χ3n) is 3.50. The molecule has 2 heterocycles. The smallest absolute Gasteiger partial charge is 0.0521 e. The van der Waals surface area contributed by atoms with Crippen LogP contribution in [-0.4, -0.2) is 25.2 Å². The SMILES string of the molecule is C1NCC2CC3NONC3CC12. The molecular formula is C8H15N3O. The number of fused-ring (bicyclic) bond motifs is 2. The second kappa shape index (κ2) is 2.67. The standard InChI is InChI=1S/C8H15N3O/c1-5-3-9-4-6(5)2-8-7(1)10-12-11-8/h5-11H,1-4H2. The predicted molar refractivity (Wildman–Crippen MR) is 44.0 cm³/mol. The zero-order valence-corrected chi connectivity index (χ0v) is 7.05. The second-order valence-electron chi connectivity index (χ2n) is 4.20. The largest absolute Gasteiger partial charge is 0.316 e. The highest BCUT2D eigenvalue weighted by Gasteiger charge is 2.42. The number of rotatable bonds is 0. The molecule has 3 rings (SSSR count). The minimum absolute atomic E-state index is 0.547. The molecule has 1 saturated carbocycles. The molecule has 3 aliphatic rings. The molecule has 12 heavy (non-hydrogen) atoms. The molecule has 4 nitrogen and oxygen atoms in total. The van der Waals surface area contributed by atoms with E-state index < -0.39 is 0 Å². The third kappa shape index (κ3) is 0.992. The van der Waals surface area contributed by atoms with Crippen LogP contribution >= 0.6 is 0 Å². The van der Waals surface area contributed by atoms with Gasteiger partial charge in [-0.3, -0.25) is 0 Å². The minimum atomic E-state index is 0.547. The van der Waals surface area contributed by atoms with Crippen LogP contribution in [0.15, 0.2) is 0 Å². The van der Waals surface area contributed by atoms with Crippen LogP contribution in [0.5, 0.6) is 0 Å². The zero-order valence-electron chi connectivity index (χ0n) is 7.05. The summed E-state index contributed by atoms with van der Waals surface area (Å²) in [5, 5.41) is 3.46. The van der Waals surface area contributed by atoms with Crippen LogP contribution in [0.3, 0.4) is 0 Å². The fourth-order valence-corrected chi connectivity index (χ4v) is 2.77. The van der Waals surface area contributed by atoms with Crippen LogP contribution in [0.25, 0.3) is 0 Å². The van der Waals surface area contributed by atoms with E-state index in [1.165, 1.54) is 25.9 Å². The van der Waals surface area contributed by atoms with Gasteiger partial charge in [-0.05, 0) is 37.8 Å². The van der Waals surface area contributed by atoms with Gasteiger partial charge in [0.05, 0.1) is 12.1 Å². The summed E-state index contributed by atoms with van der Waals surface area (Å²) in [6.07, 6.45) is 2.52. The van der Waals surface area contributed by atoms with Crippen molar-refractivity contribution in [3.63, 3.8) is 0 Å². The lowest BCUT2D eigenvalue weighted by Gasteiger charge is -2.31. The molecule has 0 spiro atoms. The van der Waals surface area contributed by atoms with Gasteiger partial charge in [0.1, 0.15) is 0 Å². The molecule has 4 heteroatoms. The predicted octanol–water partition coefficient (Wildman–Crippen LogP) is -0.608. The average Bonchev–Trinajstić information content (AvgIpc) is 2.64. The van der Waals surface area contributed by atoms with Gasteiger partial charge in [0, 0.05) is 0 Å². The summed E-state index contributed by atoms with van der Waals surface area (Å²) in [4.78, 5) is 5.04. The molecule has 1 aliphatic carbocycles. The van der Waals surface area contributed by atoms with Crippen molar-refractivity contribution >= 4 is 0 Å². The summed E-state index contributed by atoms with van der Waals surface area (Å²) in [6.45, 7) is 2.41. The molecule has 3 N–H and O–H groups in total. The third-order valence-corrected chi connectivity index (χ3v) is 3.50. The first kappa shape index (κ1) is 7.26. The maximum atomic E-state index is 5.04. The van der Waals surface area contributed by atoms with E-state index in [4.69, 9.17) is 4.94 Å². The Kier molecular flexibility index (Phi) is 1.61. The summed E-state index contributed by atoms with van der Waals surface area (Å²) in [5.41, 5.74) is 6.06. The van der Waals surface area contributed by atoms with E-state index in [1.54, 1.807) is 0 Å². The number of nitrogens with one attached hydrogen (secondary N) is 3. The molecule has 0 aromatic heterocycles. The molecule has 0 bridgehead atoms. The van der Waals surface area contributed by atoms with Crippen molar-refractivity contribution in [3.8, 4) is 0 Å². The monoisotopic (exact) mass is 169 g/mol. The quantitative estimate of drug-likeness (QED) is 0.453. The van der Waals surface area contributed by atoms with Crippen LogP contribution in [-0.2, 0) is 4.94 Å². The van der Waals surface area contributed by atoms with Gasteiger partial charge in [-0.25, -0.2) is 4.94 Å². The van der Waals surface area contributed by atoms with E-state index in [1.807, 2.05) is 0 Å². The van der Waals surface area contributed by atoms with Gasteiger partial charge in [0.25, 0.3) is 0 Å². The van der Waals surface area contributed by atoms with Crippen LogP contribution in [0.1, 0.15) is 12.8 Å². The molecule has 0 amide bonds. The summed E-state index contributed by atoms with van der Waals surface area (Å²) in [6, 6.07) is 1.09. The fourth-order valence-electron chi connectivity index (χ4n) is 2.77. The highest BCUT2D eigenvalue weighted by atomic mass is 16.8. The molecule has 0 radical (unpaired) electrons. The van der Waals surface area contributed by atoms with Gasteiger partial charge in [-0.1, -0.05) is 0 Å². The molecule has 4 unspecified atom stereocenters. The van der Waals surface area contributed by atoms with Gasteiger partial charge in [-0.2, -0.15) is 11.0 Å². The second-order valence-corrected chi connectivity index (χ2v) is 4.20. The first-order valence-corrected chi connectivity index (χ1v) is 4.81. The molecule has 4 atom stereocenters. The van der Waals surface area contributed by atoms with E-state index in [9.17, 15) is 0 Å². The minimum Gasteiger partial charge on any atom is -0.316 e. The maximum Gasteiger partial charge on any atom is 0.0521 e. The Bertz CT molecular complexity index is 151. The molecule has 0 aromatic rings. The lowest BCUT2D eigenvalue weighted by atomic mass is 9.77. The van der Waals surface area contributed by atoms with Crippen LogP contribution in [0.2, 0.25) is 0 Å². The van der Waals surface area contributed by atoms with Crippen LogP contribution in [0, 0.1) is 11.8 Å². The first-order chi connectivity index (χ1) is 5.93. The van der Waals surface area contributed by atoms with Gasteiger partial charge >= 0.3 is 0 Å². The summed E-state index contributed by atoms with van der Waals surface area (Å²) >= 11 is 0. The van der Waals surface area contributed by atoms with Gasteiger partial charge in [0.15, 0.2) is 0 Å². The van der Waals surface area contributed by atoms with E-state index in [0.717, 1.165) is 11.8 Å². The van der Waals surface area contributed by atoms with Crippen molar-refractivity contribution in [1.29, 1.82) is 0 Å². The van der Waals surface area contributed by atoms with E-state index >= 15 is 0 Å². The van der Waals surface area contributed by atoms with Gasteiger partial charge in [-0.15, -0.1) is 0 Å². The van der Waals surface area contributed by atoms with E-state index in [-0.39, 0.29) is 0 Å². The molecule has 68 valence electrons. The Morgan fingerprint density at radius 1 is 0.917 bits per heavy atom. The molecule has 0 aromatic carbocycles. The average molecular weight is 169 g/mol. The summed E-state index contributed by atoms with van der Waals surface area (Å²) < 4.78 is 0. The van der Waals surface area contributed by atoms with Crippen molar-refractivity contribution in [3.05, 3.63) is 0 Å². The summed E-state index contributed by atoms with van der Waals surface area (Å²) in [5.74, 6) is 1.75. The Balaban J connectivity index is 1.75. The first-order valence-electron chi connectivity index (χ1n) is 4.81. The maximum absolute atomic E-state index is 5.04. The van der Waals surface area contributed by atoms with Gasteiger partial charge < -0.3 is 5.32 Å². The van der Waals surface area contributed by atoms with E-state index in [0.29, 0.717) is 12.1 Å². The van der Waals surface area contributed by atoms with Crippen molar-refractivity contribution in [2.45, 2.75) is 24.9 Å². The molecule has 3 fully saturated rings. The number of hydrogen-bond acceptors (Lipinski definition) is 4. The molecule has 2 saturated heterocycles. The van der Waals surface area contributed by atoms with Gasteiger partial charge in [0.2, 0.25) is 0 Å². The number of hydroxylamine groups is 2. The van der Waals surface area contributed by atoms with Crippen LogP contribution < -0.4 is 16.3 Å². The van der Waals surface area contributed by atoms with Crippen molar-refractivity contribution < 1.29 is 4.94 Å². The fraction of sp³-hybridized carbons (Fsp3) is 1.00. The number of hydrogen-bond donors (Lipinski definition) is 3. The van der Waals surface area contributed by atoms with Crippen molar-refractivity contribution in [2.75, 3.05) is 13.1 Å². The highest BCUT2D eigenvalue weighted by molar-refractivity contribution is 4.96. The normalized spacial score (nSPS) is 52.0. The Morgan fingerprint density at radius 3 is 2.08 bits per heavy atom. The highest BCUT2D eigenvalue weighted by Crippen LogP contribution is 2.34. The Labute approximate surface area is 71.9 Å². The zero-order chi connectivity index (χ0) is 7.97. The van der Waals surface area contributed by atoms with Crippen molar-refractivity contribution in [1.82, 2.24) is 16.3 Å². The Hall–Kier alpha value is -0.160. The van der Waals surface area contributed by atoms with Crippen LogP contribution in [0.4, 0.5) is 0 Å². The molecule has 2 aliphatic heterocycles. The lowest BCUT2D eigenvalue weighted by molar-refractivity contribution is 0.00888. The topological polar surface area (TPSA) is 45.3 Å². The van der Waals surface area contributed by atoms with E-state index in [2.05, 4.69) is 16.3 Å². The van der Waals surface area contributed by atoms with Crippen molar-refractivity contribution in [2.24, 2.45) is 11.8 Å². The molecular weight excluding hydrogens is 154 g/mol.